The van der Waals surface area contributed by atoms with Gasteiger partial charge >= 0.3 is 0 Å². The van der Waals surface area contributed by atoms with E-state index in [9.17, 15) is 4.79 Å². The van der Waals surface area contributed by atoms with Gasteiger partial charge in [0.2, 0.25) is 5.91 Å². The highest BCUT2D eigenvalue weighted by molar-refractivity contribution is 5.77. The van der Waals surface area contributed by atoms with Gasteiger partial charge in [-0.05, 0) is 18.4 Å². The largest absolute Gasteiger partial charge is 0.383 e. The zero-order valence-corrected chi connectivity index (χ0v) is 12.9. The van der Waals surface area contributed by atoms with Gasteiger partial charge in [0, 0.05) is 32.2 Å². The van der Waals surface area contributed by atoms with Crippen LogP contribution in [0.5, 0.6) is 0 Å². The standard InChI is InChI=1S/C17H26N2O2/c1-21-12-11-19(14-15-7-3-2-4-8-15)16(20)13-17(18)9-5-6-10-17/h2-4,7-8H,5-6,9-14,18H2,1H3. The molecule has 1 aliphatic rings. The van der Waals surface area contributed by atoms with Crippen molar-refractivity contribution in [3.05, 3.63) is 35.9 Å². The van der Waals surface area contributed by atoms with Crippen molar-refractivity contribution >= 4 is 5.91 Å². The molecule has 1 aromatic rings. The lowest BCUT2D eigenvalue weighted by Crippen LogP contribution is -2.44. The Hall–Kier alpha value is -1.39. The van der Waals surface area contributed by atoms with Crippen molar-refractivity contribution in [2.45, 2.75) is 44.2 Å². The molecular formula is C17H26N2O2. The van der Waals surface area contributed by atoms with E-state index in [0.29, 0.717) is 26.1 Å². The molecule has 0 heterocycles. The van der Waals surface area contributed by atoms with Crippen molar-refractivity contribution in [3.8, 4) is 0 Å². The molecule has 2 N–H and O–H groups in total. The third-order valence-corrected chi connectivity index (χ3v) is 4.24. The second kappa shape index (κ2) is 7.57. The number of nitrogens with zero attached hydrogens (tertiary/aromatic N) is 1. The summed E-state index contributed by atoms with van der Waals surface area (Å²) in [6.07, 6.45) is 4.65. The number of hydrogen-bond acceptors (Lipinski definition) is 3. The number of nitrogens with two attached hydrogens (primary N) is 1. The Kier molecular flexibility index (Phi) is 5.76. The lowest BCUT2D eigenvalue weighted by molar-refractivity contribution is -0.133. The molecule has 0 bridgehead atoms. The maximum atomic E-state index is 12.6. The van der Waals surface area contributed by atoms with Crippen molar-refractivity contribution in [2.75, 3.05) is 20.3 Å². The van der Waals surface area contributed by atoms with E-state index >= 15 is 0 Å². The van der Waals surface area contributed by atoms with E-state index in [1.165, 1.54) is 0 Å². The van der Waals surface area contributed by atoms with Gasteiger partial charge in [-0.1, -0.05) is 43.2 Å². The summed E-state index contributed by atoms with van der Waals surface area (Å²) in [5, 5.41) is 0. The van der Waals surface area contributed by atoms with Gasteiger partial charge in [0.25, 0.3) is 0 Å². The van der Waals surface area contributed by atoms with E-state index in [0.717, 1.165) is 31.2 Å². The summed E-state index contributed by atoms with van der Waals surface area (Å²) in [7, 11) is 1.66. The van der Waals surface area contributed by atoms with Gasteiger partial charge < -0.3 is 15.4 Å². The molecule has 4 heteroatoms. The minimum Gasteiger partial charge on any atom is -0.383 e. The average Bonchev–Trinajstić information content (AvgIpc) is 2.90. The van der Waals surface area contributed by atoms with Crippen molar-refractivity contribution in [1.82, 2.24) is 4.90 Å². The molecule has 0 atom stereocenters. The number of carbonyl (C=O) groups excluding carboxylic acids is 1. The minimum absolute atomic E-state index is 0.139. The van der Waals surface area contributed by atoms with Gasteiger partial charge in [0.15, 0.2) is 0 Å². The first-order valence-electron chi connectivity index (χ1n) is 7.72. The molecule has 0 saturated heterocycles. The zero-order valence-electron chi connectivity index (χ0n) is 12.9. The van der Waals surface area contributed by atoms with E-state index in [1.54, 1.807) is 7.11 Å². The summed E-state index contributed by atoms with van der Waals surface area (Å²) in [5.41, 5.74) is 7.19. The van der Waals surface area contributed by atoms with Gasteiger partial charge in [-0.25, -0.2) is 0 Å². The molecule has 0 unspecified atom stereocenters. The molecule has 0 aliphatic heterocycles. The van der Waals surface area contributed by atoms with E-state index in [4.69, 9.17) is 10.5 Å². The van der Waals surface area contributed by atoms with Gasteiger partial charge in [-0.2, -0.15) is 0 Å². The summed E-state index contributed by atoms with van der Waals surface area (Å²) in [4.78, 5) is 14.5. The third kappa shape index (κ3) is 4.83. The molecule has 21 heavy (non-hydrogen) atoms. The summed E-state index contributed by atoms with van der Waals surface area (Å²) in [6.45, 7) is 1.79. The Morgan fingerprint density at radius 3 is 2.57 bits per heavy atom. The smallest absolute Gasteiger partial charge is 0.224 e. The van der Waals surface area contributed by atoms with Crippen molar-refractivity contribution in [1.29, 1.82) is 0 Å². The van der Waals surface area contributed by atoms with Crippen molar-refractivity contribution in [3.63, 3.8) is 0 Å². The Morgan fingerprint density at radius 1 is 1.29 bits per heavy atom. The zero-order chi connectivity index (χ0) is 15.1. The first-order chi connectivity index (χ1) is 10.1. The van der Waals surface area contributed by atoms with Crippen LogP contribution in [0.4, 0.5) is 0 Å². The molecule has 0 aromatic heterocycles. The third-order valence-electron chi connectivity index (χ3n) is 4.24. The summed E-state index contributed by atoms with van der Waals surface area (Å²) in [6, 6.07) is 10.1. The van der Waals surface area contributed by atoms with Crippen LogP contribution in [-0.4, -0.2) is 36.6 Å². The Balaban J connectivity index is 1.99. The number of hydrogen-bond donors (Lipinski definition) is 1. The van der Waals surface area contributed by atoms with Gasteiger partial charge in [-0.15, -0.1) is 0 Å². The number of methoxy groups -OCH3 is 1. The molecule has 1 saturated carbocycles. The first-order valence-corrected chi connectivity index (χ1v) is 7.72. The van der Waals surface area contributed by atoms with Crippen molar-refractivity contribution < 1.29 is 9.53 Å². The van der Waals surface area contributed by atoms with Crippen LogP contribution in [0.2, 0.25) is 0 Å². The van der Waals surface area contributed by atoms with Crippen LogP contribution in [0, 0.1) is 0 Å². The molecule has 1 fully saturated rings. The summed E-state index contributed by atoms with van der Waals surface area (Å²) in [5.74, 6) is 0.139. The van der Waals surface area contributed by atoms with E-state index < -0.39 is 0 Å². The molecule has 1 amide bonds. The van der Waals surface area contributed by atoms with Crippen LogP contribution in [0.1, 0.15) is 37.7 Å². The highest BCUT2D eigenvalue weighted by Gasteiger charge is 2.33. The normalized spacial score (nSPS) is 16.9. The Bertz CT molecular complexity index is 441. The maximum Gasteiger partial charge on any atom is 0.224 e. The topological polar surface area (TPSA) is 55.6 Å². The summed E-state index contributed by atoms with van der Waals surface area (Å²) >= 11 is 0. The molecule has 1 aromatic carbocycles. The van der Waals surface area contributed by atoms with Gasteiger partial charge in [0.05, 0.1) is 6.61 Å². The van der Waals surface area contributed by atoms with Crippen molar-refractivity contribution in [2.24, 2.45) is 5.73 Å². The van der Waals surface area contributed by atoms with Gasteiger partial charge in [-0.3, -0.25) is 4.79 Å². The number of amides is 1. The number of benzene rings is 1. The lowest BCUT2D eigenvalue weighted by atomic mass is 9.94. The molecule has 0 radical (unpaired) electrons. The van der Waals surface area contributed by atoms with E-state index in [-0.39, 0.29) is 11.4 Å². The van der Waals surface area contributed by atoms with Crippen LogP contribution in [0.25, 0.3) is 0 Å². The van der Waals surface area contributed by atoms with Crippen LogP contribution >= 0.6 is 0 Å². The fourth-order valence-corrected chi connectivity index (χ4v) is 2.97. The molecule has 0 spiro atoms. The number of rotatable bonds is 7. The lowest BCUT2D eigenvalue weighted by Gasteiger charge is -2.28. The van der Waals surface area contributed by atoms with Crippen LogP contribution < -0.4 is 5.73 Å². The molecule has 2 rings (SSSR count). The number of ether oxygens (including phenoxy) is 1. The monoisotopic (exact) mass is 290 g/mol. The number of carbonyl (C=O) groups is 1. The average molecular weight is 290 g/mol. The SMILES string of the molecule is COCCN(Cc1ccccc1)C(=O)CC1(N)CCCC1. The molecule has 116 valence electrons. The molecule has 1 aliphatic carbocycles. The first kappa shape index (κ1) is 16.0. The maximum absolute atomic E-state index is 12.6. The highest BCUT2D eigenvalue weighted by Crippen LogP contribution is 2.30. The van der Waals surface area contributed by atoms with Crippen LogP contribution in [-0.2, 0) is 16.1 Å². The molecular weight excluding hydrogens is 264 g/mol. The minimum atomic E-state index is -0.293. The van der Waals surface area contributed by atoms with E-state index in [2.05, 4.69) is 0 Å². The second-order valence-corrected chi connectivity index (χ2v) is 6.04. The fraction of sp³-hybridized carbons (Fsp3) is 0.588. The quantitative estimate of drug-likeness (QED) is 0.838. The second-order valence-electron chi connectivity index (χ2n) is 6.04. The highest BCUT2D eigenvalue weighted by atomic mass is 16.5. The molecule has 4 nitrogen and oxygen atoms in total. The Labute approximate surface area is 127 Å². The van der Waals surface area contributed by atoms with E-state index in [1.807, 2.05) is 35.2 Å². The fourth-order valence-electron chi connectivity index (χ4n) is 2.97. The predicted octanol–water partition coefficient (Wildman–Crippen LogP) is 2.32. The van der Waals surface area contributed by atoms with Crippen LogP contribution in [0.15, 0.2) is 30.3 Å². The Morgan fingerprint density at radius 2 is 1.95 bits per heavy atom. The van der Waals surface area contributed by atoms with Gasteiger partial charge in [0.1, 0.15) is 0 Å². The van der Waals surface area contributed by atoms with Crippen LogP contribution in [0.3, 0.4) is 0 Å². The predicted molar refractivity (Wildman–Crippen MR) is 83.7 cm³/mol. The summed E-state index contributed by atoms with van der Waals surface area (Å²) < 4.78 is 5.13.